The van der Waals surface area contributed by atoms with Gasteiger partial charge in [0, 0.05) is 12.7 Å². The quantitative estimate of drug-likeness (QED) is 0.599. The third-order valence-corrected chi connectivity index (χ3v) is 4.73. The van der Waals surface area contributed by atoms with Gasteiger partial charge < -0.3 is 14.6 Å². The summed E-state index contributed by atoms with van der Waals surface area (Å²) in [6, 6.07) is 5.88. The van der Waals surface area contributed by atoms with Gasteiger partial charge in [-0.15, -0.1) is 0 Å². The van der Waals surface area contributed by atoms with E-state index in [1.165, 1.54) is 23.0 Å². The van der Waals surface area contributed by atoms with E-state index < -0.39 is 17.5 Å². The van der Waals surface area contributed by atoms with Crippen LogP contribution in [0.1, 0.15) is 26.3 Å². The lowest BCUT2D eigenvalue weighted by Crippen LogP contribution is -2.27. The van der Waals surface area contributed by atoms with Crippen LogP contribution in [0.25, 0.3) is 10.9 Å². The minimum Gasteiger partial charge on any atom is -0.444 e. The molecule has 2 aromatic carbocycles. The third kappa shape index (κ3) is 4.38. The SMILES string of the molecule is Cc1c(Nc2c(F)ccc(NC(=O)OC(C)(C)C)c2Cl)ccc2ncn(C)c(=O)c12. The highest BCUT2D eigenvalue weighted by atomic mass is 35.5. The molecule has 0 unspecified atom stereocenters. The Morgan fingerprint density at radius 2 is 1.87 bits per heavy atom. The molecule has 2 N–H and O–H groups in total. The number of carbonyl (C=O) groups excluding carboxylic acids is 1. The zero-order valence-corrected chi connectivity index (χ0v) is 18.0. The predicted octanol–water partition coefficient (Wildman–Crippen LogP) is 5.13. The molecule has 1 heterocycles. The second-order valence-electron chi connectivity index (χ2n) is 7.83. The molecule has 0 fully saturated rings. The maximum atomic E-state index is 14.5. The van der Waals surface area contributed by atoms with Crippen LogP contribution in [0.5, 0.6) is 0 Å². The average molecular weight is 433 g/mol. The van der Waals surface area contributed by atoms with Crippen LogP contribution in [-0.2, 0) is 11.8 Å². The molecule has 3 aromatic rings. The predicted molar refractivity (Wildman–Crippen MR) is 116 cm³/mol. The lowest BCUT2D eigenvalue weighted by atomic mass is 10.1. The lowest BCUT2D eigenvalue weighted by Gasteiger charge is -2.20. The standard InChI is InChI=1S/C21H22ClFN4O3/c1-11-13(8-9-14-16(11)19(28)27(5)10-24-14)25-18-12(23)6-7-15(17(18)22)26-20(29)30-21(2,3)4/h6-10,25H,1-5H3,(H,26,29). The number of aryl methyl sites for hydroxylation is 2. The topological polar surface area (TPSA) is 85.2 Å². The van der Waals surface area contributed by atoms with E-state index in [1.54, 1.807) is 46.9 Å². The number of halogens is 2. The number of anilines is 3. The van der Waals surface area contributed by atoms with Crippen LogP contribution in [0.3, 0.4) is 0 Å². The molecule has 0 saturated carbocycles. The van der Waals surface area contributed by atoms with Gasteiger partial charge in [-0.05, 0) is 57.5 Å². The van der Waals surface area contributed by atoms with Crippen molar-refractivity contribution < 1.29 is 13.9 Å². The van der Waals surface area contributed by atoms with Crippen LogP contribution in [0, 0.1) is 12.7 Å². The summed E-state index contributed by atoms with van der Waals surface area (Å²) in [6.45, 7) is 6.93. The highest BCUT2D eigenvalue weighted by molar-refractivity contribution is 6.36. The number of carbonyl (C=O) groups is 1. The van der Waals surface area contributed by atoms with Crippen LogP contribution < -0.4 is 16.2 Å². The molecule has 0 saturated heterocycles. The van der Waals surface area contributed by atoms with Gasteiger partial charge in [0.2, 0.25) is 0 Å². The summed E-state index contributed by atoms with van der Waals surface area (Å²) >= 11 is 6.36. The summed E-state index contributed by atoms with van der Waals surface area (Å²) in [5.41, 5.74) is 0.866. The Labute approximate surface area is 177 Å². The molecule has 0 spiro atoms. The highest BCUT2D eigenvalue weighted by Gasteiger charge is 2.20. The molecule has 7 nitrogen and oxygen atoms in total. The molecule has 0 aliphatic rings. The number of fused-ring (bicyclic) bond motifs is 1. The van der Waals surface area contributed by atoms with E-state index in [2.05, 4.69) is 15.6 Å². The van der Waals surface area contributed by atoms with Crippen molar-refractivity contribution in [3.63, 3.8) is 0 Å². The Hall–Kier alpha value is -3.13. The smallest absolute Gasteiger partial charge is 0.412 e. The first-order valence-corrected chi connectivity index (χ1v) is 9.55. The van der Waals surface area contributed by atoms with Crippen molar-refractivity contribution in [2.45, 2.75) is 33.3 Å². The molecule has 1 aromatic heterocycles. The molecular weight excluding hydrogens is 411 g/mol. The van der Waals surface area contributed by atoms with E-state index >= 15 is 0 Å². The molecule has 9 heteroatoms. The van der Waals surface area contributed by atoms with E-state index in [9.17, 15) is 14.0 Å². The minimum atomic E-state index is -0.710. The van der Waals surface area contributed by atoms with E-state index in [4.69, 9.17) is 16.3 Å². The zero-order valence-electron chi connectivity index (χ0n) is 17.3. The largest absolute Gasteiger partial charge is 0.444 e. The summed E-state index contributed by atoms with van der Waals surface area (Å²) < 4.78 is 21.1. The molecule has 0 aliphatic carbocycles. The Kier molecular flexibility index (Phi) is 5.72. The van der Waals surface area contributed by atoms with Crippen LogP contribution in [0.15, 0.2) is 35.4 Å². The Balaban J connectivity index is 1.99. The van der Waals surface area contributed by atoms with Gasteiger partial charge in [-0.25, -0.2) is 14.2 Å². The van der Waals surface area contributed by atoms with Crippen molar-refractivity contribution in [1.82, 2.24) is 9.55 Å². The Morgan fingerprint density at radius 1 is 1.20 bits per heavy atom. The maximum Gasteiger partial charge on any atom is 0.412 e. The molecule has 0 atom stereocenters. The molecule has 0 radical (unpaired) electrons. The van der Waals surface area contributed by atoms with Crippen molar-refractivity contribution in [3.05, 3.63) is 57.3 Å². The van der Waals surface area contributed by atoms with Gasteiger partial charge in [-0.3, -0.25) is 10.1 Å². The average Bonchev–Trinajstić information content (AvgIpc) is 2.64. The van der Waals surface area contributed by atoms with Crippen molar-refractivity contribution in [3.8, 4) is 0 Å². The first-order chi connectivity index (χ1) is 14.0. The van der Waals surface area contributed by atoms with Gasteiger partial charge in [0.1, 0.15) is 11.4 Å². The molecule has 158 valence electrons. The fourth-order valence-corrected chi connectivity index (χ4v) is 3.15. The lowest BCUT2D eigenvalue weighted by molar-refractivity contribution is 0.0636. The van der Waals surface area contributed by atoms with Crippen molar-refractivity contribution in [2.75, 3.05) is 10.6 Å². The Bertz CT molecular complexity index is 1200. The first kappa shape index (κ1) is 21.6. The molecule has 1 amide bonds. The van der Waals surface area contributed by atoms with E-state index in [-0.39, 0.29) is 22.0 Å². The van der Waals surface area contributed by atoms with E-state index in [0.717, 1.165) is 0 Å². The van der Waals surface area contributed by atoms with E-state index in [1.807, 2.05) is 0 Å². The number of hydrogen-bond donors (Lipinski definition) is 2. The summed E-state index contributed by atoms with van der Waals surface area (Å²) in [4.78, 5) is 28.8. The van der Waals surface area contributed by atoms with E-state index in [0.29, 0.717) is 22.2 Å². The first-order valence-electron chi connectivity index (χ1n) is 9.18. The summed E-state index contributed by atoms with van der Waals surface area (Å²) in [6.07, 6.45) is 0.734. The fraction of sp³-hybridized carbons (Fsp3) is 0.286. The van der Waals surface area contributed by atoms with Crippen molar-refractivity contribution in [1.29, 1.82) is 0 Å². The molecule has 3 rings (SSSR count). The summed E-state index contributed by atoms with van der Waals surface area (Å²) in [7, 11) is 1.61. The fourth-order valence-electron chi connectivity index (χ4n) is 2.90. The summed E-state index contributed by atoms with van der Waals surface area (Å²) in [5.74, 6) is -0.617. The number of nitrogens with zero attached hydrogens (tertiary/aromatic N) is 2. The number of aromatic nitrogens is 2. The normalized spacial score (nSPS) is 11.4. The van der Waals surface area contributed by atoms with Gasteiger partial charge in [0.05, 0.1) is 33.6 Å². The van der Waals surface area contributed by atoms with Crippen LogP contribution in [0.4, 0.5) is 26.2 Å². The number of rotatable bonds is 3. The van der Waals surface area contributed by atoms with Gasteiger partial charge >= 0.3 is 6.09 Å². The number of nitrogens with one attached hydrogen (secondary N) is 2. The number of amides is 1. The van der Waals surface area contributed by atoms with Gasteiger partial charge in [0.25, 0.3) is 5.56 Å². The number of hydrogen-bond acceptors (Lipinski definition) is 5. The number of ether oxygens (including phenoxy) is 1. The molecule has 0 bridgehead atoms. The van der Waals surface area contributed by atoms with Gasteiger partial charge in [-0.1, -0.05) is 11.6 Å². The molecule has 30 heavy (non-hydrogen) atoms. The van der Waals surface area contributed by atoms with Crippen molar-refractivity contribution in [2.24, 2.45) is 7.05 Å². The molecule has 0 aliphatic heterocycles. The van der Waals surface area contributed by atoms with Gasteiger partial charge in [0.15, 0.2) is 0 Å². The zero-order chi connectivity index (χ0) is 22.2. The second kappa shape index (κ2) is 7.95. The van der Waals surface area contributed by atoms with Crippen LogP contribution >= 0.6 is 11.6 Å². The van der Waals surface area contributed by atoms with Crippen LogP contribution in [0.2, 0.25) is 5.02 Å². The second-order valence-corrected chi connectivity index (χ2v) is 8.21. The van der Waals surface area contributed by atoms with Crippen molar-refractivity contribution >= 4 is 45.7 Å². The monoisotopic (exact) mass is 432 g/mol. The third-order valence-electron chi connectivity index (χ3n) is 4.33. The van der Waals surface area contributed by atoms with Crippen LogP contribution in [-0.4, -0.2) is 21.2 Å². The summed E-state index contributed by atoms with van der Waals surface area (Å²) in [5, 5.41) is 5.84. The minimum absolute atomic E-state index is 0.0283. The maximum absolute atomic E-state index is 14.5. The Morgan fingerprint density at radius 3 is 2.53 bits per heavy atom. The molecular formula is C21H22ClFN4O3. The number of benzene rings is 2. The van der Waals surface area contributed by atoms with Gasteiger partial charge in [-0.2, -0.15) is 0 Å². The highest BCUT2D eigenvalue weighted by Crippen LogP contribution is 2.36.